The summed E-state index contributed by atoms with van der Waals surface area (Å²) in [5, 5.41) is 0. The normalized spacial score (nSPS) is 18.7. The SMILES string of the molecule is CC(C)(C)C1(C(C)(C)C)Cc2nccnc2O1. The summed E-state index contributed by atoms with van der Waals surface area (Å²) in [6.07, 6.45) is 4.27. The third-order valence-corrected chi connectivity index (χ3v) is 3.85. The number of aromatic nitrogens is 2. The quantitative estimate of drug-likeness (QED) is 0.691. The van der Waals surface area contributed by atoms with Gasteiger partial charge < -0.3 is 4.74 Å². The van der Waals surface area contributed by atoms with E-state index in [9.17, 15) is 0 Å². The van der Waals surface area contributed by atoms with E-state index in [-0.39, 0.29) is 16.4 Å². The number of rotatable bonds is 0. The van der Waals surface area contributed by atoms with Gasteiger partial charge in [-0.3, -0.25) is 4.98 Å². The summed E-state index contributed by atoms with van der Waals surface area (Å²) in [7, 11) is 0. The fraction of sp³-hybridized carbons (Fsp3) is 0.714. The highest BCUT2D eigenvalue weighted by Crippen LogP contribution is 2.52. The largest absolute Gasteiger partial charge is 0.468 e. The summed E-state index contributed by atoms with van der Waals surface area (Å²) >= 11 is 0. The number of ether oxygens (including phenoxy) is 1. The van der Waals surface area contributed by atoms with Gasteiger partial charge in [0.25, 0.3) is 0 Å². The molecular weight excluding hydrogens is 212 g/mol. The van der Waals surface area contributed by atoms with Gasteiger partial charge in [0.15, 0.2) is 0 Å². The van der Waals surface area contributed by atoms with E-state index in [0.29, 0.717) is 5.88 Å². The number of hydrogen-bond acceptors (Lipinski definition) is 3. The van der Waals surface area contributed by atoms with E-state index in [1.165, 1.54) is 0 Å². The van der Waals surface area contributed by atoms with Crippen molar-refractivity contribution in [3.05, 3.63) is 18.1 Å². The maximum atomic E-state index is 6.25. The Balaban J connectivity index is 2.50. The molecule has 0 N–H and O–H groups in total. The Morgan fingerprint density at radius 1 is 1.00 bits per heavy atom. The summed E-state index contributed by atoms with van der Waals surface area (Å²) in [4.78, 5) is 8.69. The molecule has 1 aromatic rings. The van der Waals surface area contributed by atoms with Crippen LogP contribution in [0.2, 0.25) is 0 Å². The van der Waals surface area contributed by atoms with Crippen molar-refractivity contribution >= 4 is 0 Å². The van der Waals surface area contributed by atoms with Crippen LogP contribution in [0.5, 0.6) is 5.88 Å². The van der Waals surface area contributed by atoms with Crippen molar-refractivity contribution in [3.63, 3.8) is 0 Å². The Bertz CT molecular complexity index is 386. The number of nitrogens with zero attached hydrogens (tertiary/aromatic N) is 2. The summed E-state index contributed by atoms with van der Waals surface area (Å²) < 4.78 is 6.25. The molecule has 1 aliphatic rings. The van der Waals surface area contributed by atoms with E-state index >= 15 is 0 Å². The van der Waals surface area contributed by atoms with E-state index < -0.39 is 0 Å². The van der Waals surface area contributed by atoms with Crippen LogP contribution in [-0.2, 0) is 6.42 Å². The van der Waals surface area contributed by atoms with Gasteiger partial charge in [0.1, 0.15) is 11.3 Å². The van der Waals surface area contributed by atoms with Crippen LogP contribution in [0.15, 0.2) is 12.4 Å². The van der Waals surface area contributed by atoms with Crippen LogP contribution in [-0.4, -0.2) is 15.6 Å². The second kappa shape index (κ2) is 3.44. The van der Waals surface area contributed by atoms with Crippen LogP contribution in [0.3, 0.4) is 0 Å². The average molecular weight is 234 g/mol. The molecule has 0 amide bonds. The first kappa shape index (κ1) is 12.3. The van der Waals surface area contributed by atoms with Crippen LogP contribution in [0, 0.1) is 10.8 Å². The molecule has 3 heteroatoms. The lowest BCUT2D eigenvalue weighted by atomic mass is 9.61. The Kier molecular flexibility index (Phi) is 2.49. The molecule has 3 nitrogen and oxygen atoms in total. The minimum Gasteiger partial charge on any atom is -0.468 e. The fourth-order valence-corrected chi connectivity index (χ4v) is 2.96. The third kappa shape index (κ3) is 1.72. The predicted octanol–water partition coefficient (Wildman–Crippen LogP) is 3.24. The molecule has 0 saturated heterocycles. The van der Waals surface area contributed by atoms with Gasteiger partial charge in [-0.15, -0.1) is 0 Å². The highest BCUT2D eigenvalue weighted by atomic mass is 16.5. The van der Waals surface area contributed by atoms with Gasteiger partial charge in [0.05, 0.1) is 0 Å². The van der Waals surface area contributed by atoms with Gasteiger partial charge in [-0.2, -0.15) is 0 Å². The van der Waals surface area contributed by atoms with Gasteiger partial charge in [-0.1, -0.05) is 41.5 Å². The van der Waals surface area contributed by atoms with Crippen LogP contribution in [0.25, 0.3) is 0 Å². The first-order chi connectivity index (χ1) is 7.67. The molecule has 0 unspecified atom stereocenters. The minimum atomic E-state index is -0.246. The van der Waals surface area contributed by atoms with E-state index in [1.54, 1.807) is 12.4 Å². The minimum absolute atomic E-state index is 0.0353. The Labute approximate surface area is 104 Å². The Hall–Kier alpha value is -1.12. The molecule has 0 bridgehead atoms. The van der Waals surface area contributed by atoms with Crippen molar-refractivity contribution in [1.29, 1.82) is 0 Å². The average Bonchev–Trinajstić information content (AvgIpc) is 2.55. The molecule has 0 atom stereocenters. The smallest absolute Gasteiger partial charge is 0.236 e. The van der Waals surface area contributed by atoms with Crippen molar-refractivity contribution < 1.29 is 4.74 Å². The van der Waals surface area contributed by atoms with Crippen molar-refractivity contribution in [1.82, 2.24) is 9.97 Å². The molecule has 0 saturated carbocycles. The zero-order valence-electron chi connectivity index (χ0n) is 11.7. The molecule has 0 aliphatic carbocycles. The van der Waals surface area contributed by atoms with Crippen LogP contribution < -0.4 is 4.74 Å². The summed E-state index contributed by atoms with van der Waals surface area (Å²) in [6.45, 7) is 13.4. The molecule has 0 spiro atoms. The van der Waals surface area contributed by atoms with Gasteiger partial charge in [0, 0.05) is 29.6 Å². The summed E-state index contributed by atoms with van der Waals surface area (Å²) in [5.41, 5.74) is 0.808. The first-order valence-electron chi connectivity index (χ1n) is 6.16. The van der Waals surface area contributed by atoms with Crippen molar-refractivity contribution in [2.24, 2.45) is 10.8 Å². The highest BCUT2D eigenvalue weighted by molar-refractivity contribution is 5.29. The number of hydrogen-bond donors (Lipinski definition) is 0. The molecule has 17 heavy (non-hydrogen) atoms. The molecular formula is C14H22N2O. The van der Waals surface area contributed by atoms with Gasteiger partial charge in [-0.25, -0.2) is 4.98 Å². The zero-order valence-corrected chi connectivity index (χ0v) is 11.7. The maximum Gasteiger partial charge on any atom is 0.236 e. The number of fused-ring (bicyclic) bond motifs is 1. The predicted molar refractivity (Wildman–Crippen MR) is 68.0 cm³/mol. The monoisotopic (exact) mass is 234 g/mol. The standard InChI is InChI=1S/C14H22N2O/c1-12(2,3)14(13(4,5)6)9-10-11(17-14)16-8-7-15-10/h7-8H,9H2,1-6H3. The van der Waals surface area contributed by atoms with E-state index in [1.807, 2.05) is 0 Å². The van der Waals surface area contributed by atoms with E-state index in [2.05, 4.69) is 51.5 Å². The van der Waals surface area contributed by atoms with Gasteiger partial charge >= 0.3 is 0 Å². The van der Waals surface area contributed by atoms with E-state index in [0.717, 1.165) is 12.1 Å². The Morgan fingerprint density at radius 3 is 2.00 bits per heavy atom. The van der Waals surface area contributed by atoms with Gasteiger partial charge in [-0.05, 0) is 0 Å². The molecule has 2 heterocycles. The fourth-order valence-electron chi connectivity index (χ4n) is 2.96. The van der Waals surface area contributed by atoms with Crippen LogP contribution in [0.4, 0.5) is 0 Å². The molecule has 0 aromatic carbocycles. The topological polar surface area (TPSA) is 35.0 Å². The van der Waals surface area contributed by atoms with Gasteiger partial charge in [0.2, 0.25) is 5.88 Å². The maximum absolute atomic E-state index is 6.25. The third-order valence-electron chi connectivity index (χ3n) is 3.85. The molecule has 1 aromatic heterocycles. The van der Waals surface area contributed by atoms with Crippen LogP contribution in [0.1, 0.15) is 47.2 Å². The van der Waals surface area contributed by atoms with E-state index in [4.69, 9.17) is 4.74 Å². The summed E-state index contributed by atoms with van der Waals surface area (Å²) in [6, 6.07) is 0. The summed E-state index contributed by atoms with van der Waals surface area (Å²) in [5.74, 6) is 0.706. The first-order valence-corrected chi connectivity index (χ1v) is 6.16. The molecule has 1 aliphatic heterocycles. The lowest BCUT2D eigenvalue weighted by Gasteiger charge is -2.49. The lowest BCUT2D eigenvalue weighted by Crippen LogP contribution is -2.56. The molecule has 2 rings (SSSR count). The second-order valence-corrected chi connectivity index (χ2v) is 6.91. The zero-order chi connectivity index (χ0) is 12.9. The molecule has 94 valence electrons. The van der Waals surface area contributed by atoms with Crippen molar-refractivity contribution in [2.45, 2.75) is 53.6 Å². The van der Waals surface area contributed by atoms with Crippen molar-refractivity contribution in [2.75, 3.05) is 0 Å². The lowest BCUT2D eigenvalue weighted by molar-refractivity contribution is -0.101. The second-order valence-electron chi connectivity index (χ2n) is 6.91. The van der Waals surface area contributed by atoms with Crippen LogP contribution >= 0.6 is 0 Å². The molecule has 0 fully saturated rings. The Morgan fingerprint density at radius 2 is 1.53 bits per heavy atom. The van der Waals surface area contributed by atoms with Crippen molar-refractivity contribution in [3.8, 4) is 5.88 Å². The molecule has 0 radical (unpaired) electrons. The highest BCUT2D eigenvalue weighted by Gasteiger charge is 2.57.